The Labute approximate surface area is 470 Å². The van der Waals surface area contributed by atoms with Crippen LogP contribution in [0.25, 0.3) is 22.3 Å². The molecule has 4 aromatic rings. The molecule has 3 fully saturated rings. The van der Waals surface area contributed by atoms with Gasteiger partial charge in [-0.1, -0.05) is 107 Å². The fourth-order valence-electron chi connectivity index (χ4n) is 10.8. The number of nitrogens with one attached hydrogen (secondary N) is 5. The second kappa shape index (κ2) is 29.8. The van der Waals surface area contributed by atoms with Gasteiger partial charge in [-0.2, -0.15) is 0 Å². The van der Waals surface area contributed by atoms with Gasteiger partial charge in [-0.15, -0.1) is 0 Å². The summed E-state index contributed by atoms with van der Waals surface area (Å²) in [5.41, 5.74) is 17.3. The van der Waals surface area contributed by atoms with Gasteiger partial charge in [0.15, 0.2) is 0 Å². The van der Waals surface area contributed by atoms with Gasteiger partial charge in [0.1, 0.15) is 47.8 Å². The quantitative estimate of drug-likeness (QED) is 0.0515. The average Bonchev–Trinajstić information content (AvgIpc) is 4.16. The van der Waals surface area contributed by atoms with Crippen LogP contribution in [-0.2, 0) is 35.2 Å². The van der Waals surface area contributed by atoms with Crippen LogP contribution >= 0.6 is 0 Å². The van der Waals surface area contributed by atoms with E-state index in [0.29, 0.717) is 50.8 Å². The average molecular weight is 1100 g/mol. The number of carbonyl (C=O) groups is 7. The van der Waals surface area contributed by atoms with Crippen LogP contribution in [0.5, 0.6) is 11.5 Å². The molecule has 0 saturated carbocycles. The predicted molar refractivity (Wildman–Crippen MR) is 308 cm³/mol. The number of phenolic OH excluding ortho intramolecular Hbond substituents is 1. The van der Waals surface area contributed by atoms with Gasteiger partial charge >= 0.3 is 0 Å². The number of aryl methyl sites for hydroxylation is 1. The zero-order valence-corrected chi connectivity index (χ0v) is 46.8. The first-order chi connectivity index (χ1) is 38.6. The fourth-order valence-corrected chi connectivity index (χ4v) is 10.8. The molecule has 430 valence electrons. The van der Waals surface area contributed by atoms with Crippen molar-refractivity contribution in [3.05, 3.63) is 108 Å². The molecular weight excluding hydrogens is 1010 g/mol. The zero-order valence-electron chi connectivity index (χ0n) is 46.8. The van der Waals surface area contributed by atoms with Gasteiger partial charge in [0.25, 0.3) is 5.91 Å². The summed E-state index contributed by atoms with van der Waals surface area (Å²) in [5.74, 6) is -3.30. The number of amides is 7. The zero-order chi connectivity index (χ0) is 57.1. The van der Waals surface area contributed by atoms with E-state index in [1.165, 1.54) is 47.6 Å². The highest BCUT2D eigenvalue weighted by Gasteiger charge is 2.43. The maximum Gasteiger partial charge on any atom is 0.251 e. The maximum atomic E-state index is 14.6. The third kappa shape index (κ3) is 16.6. The number of nitrogens with zero attached hydrogens (tertiary/aromatic N) is 2. The lowest BCUT2D eigenvalue weighted by atomic mass is 9.99. The number of aromatic hydroxyl groups is 1. The topological polar surface area (TPSA) is 268 Å². The van der Waals surface area contributed by atoms with Gasteiger partial charge in [0.05, 0.1) is 6.61 Å². The Morgan fingerprint density at radius 2 is 1.31 bits per heavy atom. The molecule has 3 heterocycles. The van der Waals surface area contributed by atoms with Crippen LogP contribution in [0, 0.1) is 5.92 Å². The largest absolute Gasteiger partial charge is 0.508 e. The van der Waals surface area contributed by atoms with Gasteiger partial charge in [0, 0.05) is 31.2 Å². The number of carbonyl (C=O) groups excluding carboxylic acids is 7. The van der Waals surface area contributed by atoms with Crippen LogP contribution in [0.2, 0.25) is 0 Å². The van der Waals surface area contributed by atoms with Gasteiger partial charge in [-0.25, -0.2) is 0 Å². The van der Waals surface area contributed by atoms with Crippen LogP contribution in [0.1, 0.15) is 127 Å². The van der Waals surface area contributed by atoms with E-state index < -0.39 is 89.6 Å². The van der Waals surface area contributed by atoms with Gasteiger partial charge in [-0.3, -0.25) is 33.6 Å². The lowest BCUT2D eigenvalue weighted by molar-refractivity contribution is -0.143. The van der Waals surface area contributed by atoms with Gasteiger partial charge in [-0.05, 0) is 147 Å². The van der Waals surface area contributed by atoms with Crippen molar-refractivity contribution in [3.63, 3.8) is 0 Å². The molecule has 80 heavy (non-hydrogen) atoms. The third-order valence-electron chi connectivity index (χ3n) is 15.5. The SMILES string of the molecule is CCCCCCCOc1ccc(-c2ccc(-c3ccc(C(=O)N[C@H]4CCCNC(=O)[C@@H]5C[C@H](N)CN5C(=O)[C@H](CCCCN)NC(=O)[C@H](CCc5ccc(O)cc5)NC(=O)[C@@H]5CCCN5C(=O)[C@H](C(C)C)NC4=O)cc3)cc2)cc1. The number of fused-ring (bicyclic) bond motifs is 2. The molecule has 0 aliphatic carbocycles. The summed E-state index contributed by atoms with van der Waals surface area (Å²) in [6, 6.07) is 22.9. The molecule has 0 aromatic heterocycles. The number of ether oxygens (including phenoxy) is 1. The number of nitrogens with two attached hydrogens (primary N) is 2. The molecule has 3 saturated heterocycles. The Bertz CT molecular complexity index is 2700. The molecule has 7 amide bonds. The predicted octanol–water partition coefficient (Wildman–Crippen LogP) is 5.88. The first kappa shape index (κ1) is 60.3. The van der Waals surface area contributed by atoms with Crippen LogP contribution in [0.4, 0.5) is 0 Å². The summed E-state index contributed by atoms with van der Waals surface area (Å²) < 4.78 is 5.96. The lowest BCUT2D eigenvalue weighted by Crippen LogP contribution is -2.60. The molecule has 0 unspecified atom stereocenters. The molecule has 4 aromatic carbocycles. The van der Waals surface area contributed by atoms with E-state index >= 15 is 0 Å². The minimum Gasteiger partial charge on any atom is -0.508 e. The second-order valence-corrected chi connectivity index (χ2v) is 21.9. The molecule has 7 rings (SSSR count). The van der Waals surface area contributed by atoms with E-state index in [4.69, 9.17) is 16.2 Å². The first-order valence-corrected chi connectivity index (χ1v) is 28.9. The Morgan fingerprint density at radius 3 is 1.96 bits per heavy atom. The van der Waals surface area contributed by atoms with Crippen LogP contribution in [-0.4, -0.2) is 131 Å². The molecule has 7 atom stereocenters. The molecule has 0 radical (unpaired) electrons. The van der Waals surface area contributed by atoms with Crippen molar-refractivity contribution in [2.45, 2.75) is 159 Å². The van der Waals surface area contributed by atoms with Gasteiger partial charge in [0.2, 0.25) is 35.4 Å². The van der Waals surface area contributed by atoms with E-state index in [-0.39, 0.29) is 57.5 Å². The van der Waals surface area contributed by atoms with E-state index in [1.54, 1.807) is 38.1 Å². The lowest BCUT2D eigenvalue weighted by Gasteiger charge is -2.32. The van der Waals surface area contributed by atoms with E-state index in [0.717, 1.165) is 40.0 Å². The number of unbranched alkanes of at least 4 members (excludes halogenated alkanes) is 5. The van der Waals surface area contributed by atoms with Crippen LogP contribution < -0.4 is 42.8 Å². The summed E-state index contributed by atoms with van der Waals surface area (Å²) in [6.07, 6.45) is 8.85. The summed E-state index contributed by atoms with van der Waals surface area (Å²) in [5, 5.41) is 24.4. The van der Waals surface area contributed by atoms with E-state index in [9.17, 15) is 38.7 Å². The Balaban J connectivity index is 1.09. The van der Waals surface area contributed by atoms with E-state index in [2.05, 4.69) is 57.8 Å². The van der Waals surface area contributed by atoms with Crippen molar-refractivity contribution in [2.24, 2.45) is 17.4 Å². The smallest absolute Gasteiger partial charge is 0.251 e. The highest BCUT2D eigenvalue weighted by molar-refractivity contribution is 6.00. The molecule has 0 spiro atoms. The monoisotopic (exact) mass is 1100 g/mol. The first-order valence-electron chi connectivity index (χ1n) is 28.9. The summed E-state index contributed by atoms with van der Waals surface area (Å²) in [7, 11) is 0. The molecule has 3 aliphatic rings. The Kier molecular flexibility index (Phi) is 22.5. The molecule has 18 heteroatoms. The van der Waals surface area contributed by atoms with E-state index in [1.807, 2.05) is 36.4 Å². The third-order valence-corrected chi connectivity index (χ3v) is 15.5. The van der Waals surface area contributed by atoms with Crippen LogP contribution in [0.3, 0.4) is 0 Å². The van der Waals surface area contributed by atoms with Crippen LogP contribution in [0.15, 0.2) is 97.1 Å². The Hall–Kier alpha value is -7.31. The van der Waals surface area contributed by atoms with Crippen molar-refractivity contribution in [1.29, 1.82) is 0 Å². The number of hydrogen-bond acceptors (Lipinski definition) is 11. The van der Waals surface area contributed by atoms with Crippen molar-refractivity contribution in [1.82, 2.24) is 36.4 Å². The fraction of sp³-hybridized carbons (Fsp3) is 0.500. The number of benzene rings is 4. The number of hydrogen-bond donors (Lipinski definition) is 8. The normalized spacial score (nSPS) is 22.6. The molecule has 3 aliphatic heterocycles. The van der Waals surface area contributed by atoms with Crippen molar-refractivity contribution < 1.29 is 43.4 Å². The molecule has 10 N–H and O–H groups in total. The number of rotatable bonds is 19. The molecular formula is C62H83N9O9. The highest BCUT2D eigenvalue weighted by Crippen LogP contribution is 2.28. The molecule has 0 bridgehead atoms. The number of phenols is 1. The summed E-state index contributed by atoms with van der Waals surface area (Å²) in [6.45, 7) is 7.20. The summed E-state index contributed by atoms with van der Waals surface area (Å²) >= 11 is 0. The minimum atomic E-state index is -1.16. The standard InChI is InChI=1S/C62H83N9O9/c1-4-5-6-7-10-37-80-49-31-27-45(28-32-49)43-21-19-42(20-22-43)44-23-25-46(26-24-44)56(73)66-50-14-11-35-65-59(76)54-38-47(64)39-71(54)61(78)52(13-8-9-34-63)68-57(74)51(33-18-41-16-29-48(72)30-17-41)67-60(77)53-15-12-36-70(53)62(79)55(40(2)3)69-58(50)75/h16-17,19-32,40,47,50-55,72H,4-15,18,33-39,63-64H2,1-3H3,(H,65,76)(H,66,73)(H,67,77)(H,68,74)(H,69,75)/t47-,50-,51-,52-,53-,54-,55-/m0/s1. The summed E-state index contributed by atoms with van der Waals surface area (Å²) in [4.78, 5) is 103. The van der Waals surface area contributed by atoms with Crippen molar-refractivity contribution >= 4 is 41.4 Å². The molecule has 18 nitrogen and oxygen atoms in total. The second-order valence-electron chi connectivity index (χ2n) is 21.9. The minimum absolute atomic E-state index is 0.0656. The highest BCUT2D eigenvalue weighted by atomic mass is 16.5. The van der Waals surface area contributed by atoms with Gasteiger partial charge < -0.3 is 57.7 Å². The van der Waals surface area contributed by atoms with Crippen molar-refractivity contribution in [2.75, 3.05) is 32.8 Å². The van der Waals surface area contributed by atoms with Crippen molar-refractivity contribution in [3.8, 4) is 33.8 Å². The Morgan fingerprint density at radius 1 is 0.675 bits per heavy atom. The maximum absolute atomic E-state index is 14.6.